The van der Waals surface area contributed by atoms with Gasteiger partial charge in [0.25, 0.3) is 0 Å². The van der Waals surface area contributed by atoms with Crippen LogP contribution in [0.15, 0.2) is 41.1 Å². The molecular weight excluding hydrogens is 284 g/mol. The zero-order valence-electron chi connectivity index (χ0n) is 12.1. The topological polar surface area (TPSA) is 98.0 Å². The minimum atomic E-state index is 0.313. The first kappa shape index (κ1) is 13.8. The van der Waals surface area contributed by atoms with E-state index in [-0.39, 0.29) is 0 Å². The van der Waals surface area contributed by atoms with Crippen LogP contribution in [0.3, 0.4) is 0 Å². The van der Waals surface area contributed by atoms with Crippen LogP contribution in [0.4, 0.5) is 23.3 Å². The van der Waals surface area contributed by atoms with Gasteiger partial charge in [-0.1, -0.05) is 17.3 Å². The third kappa shape index (κ3) is 3.11. The third-order valence-corrected chi connectivity index (χ3v) is 2.80. The molecule has 3 rings (SSSR count). The Balaban J connectivity index is 1.79. The lowest BCUT2D eigenvalue weighted by Gasteiger charge is -2.10. The van der Waals surface area contributed by atoms with Gasteiger partial charge in [-0.3, -0.25) is 0 Å². The number of para-hydroxylation sites is 2. The van der Waals surface area contributed by atoms with E-state index < -0.39 is 0 Å². The number of hydrogen-bond donors (Lipinski definition) is 2. The Labute approximate surface area is 126 Å². The van der Waals surface area contributed by atoms with Gasteiger partial charge in [0.2, 0.25) is 5.95 Å². The second kappa shape index (κ2) is 6.08. The Morgan fingerprint density at radius 1 is 1.14 bits per heavy atom. The van der Waals surface area contributed by atoms with Crippen molar-refractivity contribution in [2.75, 3.05) is 17.7 Å². The number of nitrogens with zero attached hydrogens (tertiary/aromatic N) is 4. The number of aryl methyl sites for hydroxylation is 1. The molecule has 0 unspecified atom stereocenters. The van der Waals surface area contributed by atoms with Gasteiger partial charge in [-0.15, -0.1) is 5.10 Å². The van der Waals surface area contributed by atoms with E-state index >= 15 is 0 Å². The molecule has 0 fully saturated rings. The predicted molar refractivity (Wildman–Crippen MR) is 80.6 cm³/mol. The van der Waals surface area contributed by atoms with Gasteiger partial charge >= 0.3 is 0 Å². The molecule has 3 aromatic rings. The molecule has 2 heterocycles. The number of anilines is 4. The summed E-state index contributed by atoms with van der Waals surface area (Å²) >= 11 is 0. The monoisotopic (exact) mass is 298 g/mol. The Hall–Kier alpha value is -3.16. The summed E-state index contributed by atoms with van der Waals surface area (Å²) in [5, 5.41) is 17.7. The molecule has 112 valence electrons. The molecule has 2 aromatic heterocycles. The molecule has 0 amide bonds. The number of benzene rings is 1. The molecule has 0 atom stereocenters. The molecular formula is C14H14N6O2. The highest BCUT2D eigenvalue weighted by Gasteiger charge is 2.07. The lowest BCUT2D eigenvalue weighted by Crippen LogP contribution is -2.03. The van der Waals surface area contributed by atoms with Gasteiger partial charge < -0.3 is 19.9 Å². The molecule has 8 nitrogen and oxygen atoms in total. The summed E-state index contributed by atoms with van der Waals surface area (Å²) in [5.41, 5.74) is 0.786. The zero-order valence-corrected chi connectivity index (χ0v) is 12.1. The number of aromatic nitrogens is 4. The molecule has 2 N–H and O–H groups in total. The normalized spacial score (nSPS) is 10.3. The van der Waals surface area contributed by atoms with Crippen LogP contribution in [-0.4, -0.2) is 27.4 Å². The lowest BCUT2D eigenvalue weighted by atomic mass is 10.3. The van der Waals surface area contributed by atoms with Crippen LogP contribution >= 0.6 is 0 Å². The van der Waals surface area contributed by atoms with E-state index in [4.69, 9.17) is 9.26 Å². The van der Waals surface area contributed by atoms with E-state index in [0.29, 0.717) is 29.1 Å². The maximum Gasteiger partial charge on any atom is 0.250 e. The van der Waals surface area contributed by atoms with Crippen molar-refractivity contribution >= 4 is 23.3 Å². The molecule has 0 saturated heterocycles. The third-order valence-electron chi connectivity index (χ3n) is 2.80. The van der Waals surface area contributed by atoms with Crippen molar-refractivity contribution in [1.82, 2.24) is 20.3 Å². The molecule has 0 aliphatic carbocycles. The number of methoxy groups -OCH3 is 1. The van der Waals surface area contributed by atoms with Crippen molar-refractivity contribution in [2.24, 2.45) is 0 Å². The fourth-order valence-electron chi connectivity index (χ4n) is 1.84. The minimum Gasteiger partial charge on any atom is -0.495 e. The van der Waals surface area contributed by atoms with Crippen molar-refractivity contribution in [3.8, 4) is 5.75 Å². The maximum absolute atomic E-state index is 5.28. The van der Waals surface area contributed by atoms with Crippen LogP contribution in [-0.2, 0) is 0 Å². The van der Waals surface area contributed by atoms with Crippen LogP contribution in [0, 0.1) is 6.92 Å². The van der Waals surface area contributed by atoms with Crippen molar-refractivity contribution in [3.63, 3.8) is 0 Å². The minimum absolute atomic E-state index is 0.313. The maximum atomic E-state index is 5.28. The summed E-state index contributed by atoms with van der Waals surface area (Å²) in [6.07, 6.45) is 1.52. The van der Waals surface area contributed by atoms with Crippen LogP contribution in [0.5, 0.6) is 5.75 Å². The molecule has 0 aliphatic heterocycles. The quantitative estimate of drug-likeness (QED) is 0.742. The number of nitrogens with one attached hydrogen (secondary N) is 2. The number of hydrogen-bond acceptors (Lipinski definition) is 8. The highest BCUT2D eigenvalue weighted by molar-refractivity contribution is 5.64. The summed E-state index contributed by atoms with van der Waals surface area (Å²) in [6.45, 7) is 1.80. The fraction of sp³-hybridized carbons (Fsp3) is 0.143. The Bertz CT molecular complexity index is 773. The highest BCUT2D eigenvalue weighted by Crippen LogP contribution is 2.26. The largest absolute Gasteiger partial charge is 0.495 e. The van der Waals surface area contributed by atoms with E-state index in [1.165, 1.54) is 6.20 Å². The standard InChI is InChI=1S/C14H14N6O2/c1-9-7-12(20-22-9)17-14-18-13(8-15-19-14)16-10-5-3-4-6-11(10)21-2/h3-8H,1-2H3,(H2,16,17,18,19,20). The van der Waals surface area contributed by atoms with Crippen LogP contribution in [0.2, 0.25) is 0 Å². The Morgan fingerprint density at radius 2 is 2.00 bits per heavy atom. The van der Waals surface area contributed by atoms with Crippen LogP contribution in [0.25, 0.3) is 0 Å². The first-order valence-corrected chi connectivity index (χ1v) is 6.55. The van der Waals surface area contributed by atoms with E-state index in [0.717, 1.165) is 5.69 Å². The van der Waals surface area contributed by atoms with Crippen molar-refractivity contribution in [1.29, 1.82) is 0 Å². The fourth-order valence-corrected chi connectivity index (χ4v) is 1.84. The molecule has 8 heteroatoms. The lowest BCUT2D eigenvalue weighted by molar-refractivity contribution is 0.400. The summed E-state index contributed by atoms with van der Waals surface area (Å²) < 4.78 is 10.3. The molecule has 0 aliphatic rings. The molecule has 0 spiro atoms. The summed E-state index contributed by atoms with van der Waals surface area (Å²) in [4.78, 5) is 4.31. The Morgan fingerprint density at radius 3 is 2.77 bits per heavy atom. The van der Waals surface area contributed by atoms with Gasteiger partial charge in [-0.2, -0.15) is 10.1 Å². The average Bonchev–Trinajstić information content (AvgIpc) is 2.93. The summed E-state index contributed by atoms with van der Waals surface area (Å²) in [5.74, 6) is 2.77. The number of rotatable bonds is 5. The average molecular weight is 298 g/mol. The van der Waals surface area contributed by atoms with Gasteiger partial charge in [0.15, 0.2) is 11.6 Å². The molecule has 0 saturated carbocycles. The second-order valence-corrected chi connectivity index (χ2v) is 4.44. The molecule has 0 bridgehead atoms. The molecule has 22 heavy (non-hydrogen) atoms. The first-order valence-electron chi connectivity index (χ1n) is 6.55. The summed E-state index contributed by atoms with van der Waals surface area (Å²) in [6, 6.07) is 9.27. The second-order valence-electron chi connectivity index (χ2n) is 4.44. The van der Waals surface area contributed by atoms with Gasteiger partial charge in [-0.05, 0) is 19.1 Å². The molecule has 0 radical (unpaired) electrons. The number of ether oxygens (including phenoxy) is 1. The van der Waals surface area contributed by atoms with E-state index in [9.17, 15) is 0 Å². The van der Waals surface area contributed by atoms with Crippen molar-refractivity contribution < 1.29 is 9.26 Å². The van der Waals surface area contributed by atoms with Crippen molar-refractivity contribution in [3.05, 3.63) is 42.3 Å². The van der Waals surface area contributed by atoms with Gasteiger partial charge in [0.05, 0.1) is 19.0 Å². The molecule has 1 aromatic carbocycles. The van der Waals surface area contributed by atoms with Gasteiger partial charge in [-0.25, -0.2) is 0 Å². The zero-order chi connectivity index (χ0) is 15.4. The van der Waals surface area contributed by atoms with Crippen molar-refractivity contribution in [2.45, 2.75) is 6.92 Å². The van der Waals surface area contributed by atoms with Gasteiger partial charge in [0, 0.05) is 6.07 Å². The van der Waals surface area contributed by atoms with E-state index in [1.54, 1.807) is 20.1 Å². The first-order chi connectivity index (χ1) is 10.7. The smallest absolute Gasteiger partial charge is 0.250 e. The SMILES string of the molecule is COc1ccccc1Nc1cnnc(Nc2cc(C)on2)n1. The van der Waals surface area contributed by atoms with Gasteiger partial charge in [0.1, 0.15) is 11.5 Å². The van der Waals surface area contributed by atoms with E-state index in [2.05, 4.69) is 31.0 Å². The van der Waals surface area contributed by atoms with E-state index in [1.807, 2.05) is 24.3 Å². The summed E-state index contributed by atoms with van der Waals surface area (Å²) in [7, 11) is 1.61. The predicted octanol–water partition coefficient (Wildman–Crippen LogP) is 2.66. The Kier molecular flexibility index (Phi) is 3.82. The van der Waals surface area contributed by atoms with Crippen LogP contribution in [0.1, 0.15) is 5.76 Å². The van der Waals surface area contributed by atoms with Crippen LogP contribution < -0.4 is 15.4 Å². The highest BCUT2D eigenvalue weighted by atomic mass is 16.5.